The number of Topliss-reactive ketones (excluding diaryl/α,β-unsaturated/α-hetero) is 1. The molecule has 91 valence electrons. The lowest BCUT2D eigenvalue weighted by Crippen LogP contribution is -2.25. The second-order valence-corrected chi connectivity index (χ2v) is 4.47. The van der Waals surface area contributed by atoms with Crippen LogP contribution in [0.1, 0.15) is 23.3 Å². The van der Waals surface area contributed by atoms with Gasteiger partial charge >= 0.3 is 0 Å². The van der Waals surface area contributed by atoms with E-state index in [1.807, 2.05) is 18.2 Å². The van der Waals surface area contributed by atoms with Crippen LogP contribution in [-0.2, 0) is 0 Å². The summed E-state index contributed by atoms with van der Waals surface area (Å²) >= 11 is 0. The van der Waals surface area contributed by atoms with Crippen molar-refractivity contribution in [2.24, 2.45) is 0 Å². The lowest BCUT2D eigenvalue weighted by atomic mass is 10.0. The predicted molar refractivity (Wildman–Crippen MR) is 69.2 cm³/mol. The number of carbonyl (C=O) groups is 1. The summed E-state index contributed by atoms with van der Waals surface area (Å²) in [5.74, 6) is -0.0429. The monoisotopic (exact) mass is 240 g/mol. The Balaban J connectivity index is 1.91. The van der Waals surface area contributed by atoms with E-state index in [-0.39, 0.29) is 11.8 Å². The first-order valence-electron chi connectivity index (χ1n) is 6.17. The fraction of sp³-hybridized carbons (Fsp3) is 0.286. The van der Waals surface area contributed by atoms with Crippen molar-refractivity contribution in [2.75, 3.05) is 6.54 Å². The molecule has 1 fully saturated rings. The number of hydrogen-bond donors (Lipinski definition) is 1. The first-order valence-corrected chi connectivity index (χ1v) is 6.17. The van der Waals surface area contributed by atoms with E-state index in [2.05, 4.69) is 15.3 Å². The zero-order valence-corrected chi connectivity index (χ0v) is 9.97. The van der Waals surface area contributed by atoms with Gasteiger partial charge in [-0.15, -0.1) is 0 Å². The molecule has 4 nitrogen and oxygen atoms in total. The molecule has 0 unspecified atom stereocenters. The molecule has 0 saturated carbocycles. The smallest absolute Gasteiger partial charge is 0.188 e. The number of pyridine rings is 2. The van der Waals surface area contributed by atoms with Crippen LogP contribution in [0.3, 0.4) is 0 Å². The van der Waals surface area contributed by atoms with Gasteiger partial charge in [-0.05, 0) is 31.5 Å². The minimum atomic E-state index is -0.0429. The highest BCUT2D eigenvalue weighted by Crippen LogP contribution is 2.17. The molecule has 3 heterocycles. The van der Waals surface area contributed by atoms with Gasteiger partial charge in [0.05, 0.1) is 11.9 Å². The van der Waals surface area contributed by atoms with Crippen molar-refractivity contribution >= 4 is 16.7 Å². The van der Waals surface area contributed by atoms with E-state index in [0.29, 0.717) is 11.2 Å². The molecule has 0 aliphatic carbocycles. The van der Waals surface area contributed by atoms with Gasteiger partial charge in [-0.1, -0.05) is 6.07 Å². The number of fused-ring (bicyclic) bond motifs is 1. The molecule has 0 aromatic carbocycles. The zero-order chi connectivity index (χ0) is 12.4. The SMILES string of the molecule is O=C([CH][C@H]1CCCN1)c1nccc2cccnc12. The maximum absolute atomic E-state index is 12.2. The molecule has 18 heavy (non-hydrogen) atoms. The third-order valence-corrected chi connectivity index (χ3v) is 3.21. The van der Waals surface area contributed by atoms with Crippen LogP contribution in [0.25, 0.3) is 10.9 Å². The molecular formula is C14H14N3O. The number of rotatable bonds is 3. The molecule has 1 N–H and O–H groups in total. The van der Waals surface area contributed by atoms with Crippen molar-refractivity contribution in [3.63, 3.8) is 0 Å². The van der Waals surface area contributed by atoms with E-state index < -0.39 is 0 Å². The van der Waals surface area contributed by atoms with Crippen LogP contribution in [0.2, 0.25) is 0 Å². The summed E-state index contributed by atoms with van der Waals surface area (Å²) in [5.41, 5.74) is 1.13. The highest BCUT2D eigenvalue weighted by Gasteiger charge is 2.21. The number of carbonyl (C=O) groups excluding carboxylic acids is 1. The second kappa shape index (κ2) is 4.82. The van der Waals surface area contributed by atoms with Crippen molar-refractivity contribution in [1.29, 1.82) is 0 Å². The quantitative estimate of drug-likeness (QED) is 0.831. The second-order valence-electron chi connectivity index (χ2n) is 4.47. The molecule has 4 heteroatoms. The Morgan fingerprint density at radius 3 is 3.11 bits per heavy atom. The van der Waals surface area contributed by atoms with Gasteiger partial charge in [0.1, 0.15) is 5.69 Å². The average molecular weight is 240 g/mol. The first kappa shape index (κ1) is 11.3. The molecule has 1 aliphatic rings. The Morgan fingerprint density at radius 1 is 1.33 bits per heavy atom. The molecule has 3 rings (SSSR count). The zero-order valence-electron chi connectivity index (χ0n) is 9.97. The van der Waals surface area contributed by atoms with Gasteiger partial charge in [-0.3, -0.25) is 14.8 Å². The Hall–Kier alpha value is -1.81. The molecule has 0 bridgehead atoms. The van der Waals surface area contributed by atoms with Gasteiger partial charge < -0.3 is 5.32 Å². The summed E-state index contributed by atoms with van der Waals surface area (Å²) in [6.07, 6.45) is 7.21. The van der Waals surface area contributed by atoms with Gasteiger partial charge in [0, 0.05) is 23.8 Å². The van der Waals surface area contributed by atoms with Gasteiger partial charge in [0.25, 0.3) is 0 Å². The normalized spacial score (nSPS) is 19.2. The van der Waals surface area contributed by atoms with Crippen LogP contribution in [0.4, 0.5) is 0 Å². The van der Waals surface area contributed by atoms with Gasteiger partial charge in [-0.2, -0.15) is 0 Å². The molecule has 1 radical (unpaired) electrons. The predicted octanol–water partition coefficient (Wildman–Crippen LogP) is 1.77. The standard InChI is InChI=1S/C14H14N3O/c18-12(9-11-4-2-6-15-11)14-13-10(5-8-17-14)3-1-7-16-13/h1,3,5,7-9,11,15H,2,4,6H2/t11-/m1/s1. The largest absolute Gasteiger partial charge is 0.313 e. The number of nitrogens with one attached hydrogen (secondary N) is 1. The van der Waals surface area contributed by atoms with E-state index in [1.165, 1.54) is 0 Å². The van der Waals surface area contributed by atoms with Crippen molar-refractivity contribution in [1.82, 2.24) is 15.3 Å². The van der Waals surface area contributed by atoms with Crippen molar-refractivity contribution in [3.05, 3.63) is 42.7 Å². The molecule has 2 aromatic rings. The fourth-order valence-electron chi connectivity index (χ4n) is 2.30. The summed E-state index contributed by atoms with van der Waals surface area (Å²) in [6.45, 7) is 0.982. The third kappa shape index (κ3) is 2.11. The summed E-state index contributed by atoms with van der Waals surface area (Å²) in [4.78, 5) is 20.6. The van der Waals surface area contributed by atoms with E-state index >= 15 is 0 Å². The fourth-order valence-corrected chi connectivity index (χ4v) is 2.30. The molecular weight excluding hydrogens is 226 g/mol. The van der Waals surface area contributed by atoms with Crippen molar-refractivity contribution in [3.8, 4) is 0 Å². The summed E-state index contributed by atoms with van der Waals surface area (Å²) in [6, 6.07) is 5.85. The Labute approximate surface area is 105 Å². The highest BCUT2D eigenvalue weighted by molar-refractivity contribution is 6.09. The van der Waals surface area contributed by atoms with E-state index in [4.69, 9.17) is 0 Å². The Bertz CT molecular complexity index is 571. The summed E-state index contributed by atoms with van der Waals surface area (Å²) in [5, 5.41) is 4.23. The molecule has 1 atom stereocenters. The first-order chi connectivity index (χ1) is 8.84. The topological polar surface area (TPSA) is 54.9 Å². The van der Waals surface area contributed by atoms with Crippen LogP contribution < -0.4 is 5.32 Å². The van der Waals surface area contributed by atoms with Gasteiger partial charge in [-0.25, -0.2) is 0 Å². The molecule has 1 saturated heterocycles. The number of hydrogen-bond acceptors (Lipinski definition) is 4. The summed E-state index contributed by atoms with van der Waals surface area (Å²) in [7, 11) is 0. The minimum Gasteiger partial charge on any atom is -0.313 e. The average Bonchev–Trinajstić information content (AvgIpc) is 2.91. The number of nitrogens with zero attached hydrogens (tertiary/aromatic N) is 2. The lowest BCUT2D eigenvalue weighted by Gasteiger charge is -2.08. The molecule has 2 aromatic heterocycles. The third-order valence-electron chi connectivity index (χ3n) is 3.21. The van der Waals surface area contributed by atoms with Crippen LogP contribution in [0.15, 0.2) is 30.6 Å². The number of aromatic nitrogens is 2. The van der Waals surface area contributed by atoms with E-state index in [0.717, 1.165) is 24.8 Å². The van der Waals surface area contributed by atoms with E-state index in [1.54, 1.807) is 18.8 Å². The molecule has 0 amide bonds. The van der Waals surface area contributed by atoms with Crippen LogP contribution >= 0.6 is 0 Å². The van der Waals surface area contributed by atoms with Crippen LogP contribution in [0, 0.1) is 6.42 Å². The maximum Gasteiger partial charge on any atom is 0.188 e. The number of ketones is 1. The molecule has 1 aliphatic heterocycles. The minimum absolute atomic E-state index is 0.0429. The Kier molecular flexibility index (Phi) is 3.02. The maximum atomic E-state index is 12.2. The van der Waals surface area contributed by atoms with Gasteiger partial charge in [0.15, 0.2) is 5.78 Å². The highest BCUT2D eigenvalue weighted by atomic mass is 16.1. The Morgan fingerprint density at radius 2 is 2.28 bits per heavy atom. The van der Waals surface area contributed by atoms with Crippen molar-refractivity contribution in [2.45, 2.75) is 18.9 Å². The van der Waals surface area contributed by atoms with Crippen LogP contribution in [-0.4, -0.2) is 28.3 Å². The van der Waals surface area contributed by atoms with Crippen molar-refractivity contribution < 1.29 is 4.79 Å². The lowest BCUT2D eigenvalue weighted by molar-refractivity contribution is 0.101. The van der Waals surface area contributed by atoms with Crippen LogP contribution in [0.5, 0.6) is 0 Å². The molecule has 0 spiro atoms. The summed E-state index contributed by atoms with van der Waals surface area (Å²) < 4.78 is 0. The van der Waals surface area contributed by atoms with E-state index in [9.17, 15) is 4.79 Å². The van der Waals surface area contributed by atoms with Gasteiger partial charge in [0.2, 0.25) is 0 Å².